The second-order valence-corrected chi connectivity index (χ2v) is 4.89. The van der Waals surface area contributed by atoms with Crippen LogP contribution in [0.2, 0.25) is 0 Å². The molecule has 110 valence electrons. The minimum atomic E-state index is -0.0925. The molecule has 1 aromatic carbocycles. The van der Waals surface area contributed by atoms with Crippen LogP contribution in [0.25, 0.3) is 0 Å². The fourth-order valence-corrected chi connectivity index (χ4v) is 2.16. The summed E-state index contributed by atoms with van der Waals surface area (Å²) < 4.78 is 16.2. The van der Waals surface area contributed by atoms with Crippen molar-refractivity contribution >= 4 is 5.91 Å². The Bertz CT molecular complexity index is 449. The van der Waals surface area contributed by atoms with E-state index in [0.29, 0.717) is 26.3 Å². The number of hydrogen-bond acceptors (Lipinski definition) is 4. The molecular formula is C15H21NO4. The number of methoxy groups -OCH3 is 1. The minimum absolute atomic E-state index is 0.00337. The van der Waals surface area contributed by atoms with Gasteiger partial charge in [-0.05, 0) is 24.6 Å². The highest BCUT2D eigenvalue weighted by Crippen LogP contribution is 2.14. The van der Waals surface area contributed by atoms with Gasteiger partial charge in [0.05, 0.1) is 13.2 Å². The molecule has 0 bridgehead atoms. The summed E-state index contributed by atoms with van der Waals surface area (Å²) >= 11 is 0. The van der Waals surface area contributed by atoms with Crippen LogP contribution in [0.1, 0.15) is 5.56 Å². The highest BCUT2D eigenvalue weighted by atomic mass is 16.5. The van der Waals surface area contributed by atoms with Crippen LogP contribution >= 0.6 is 0 Å². The molecule has 5 nitrogen and oxygen atoms in total. The Morgan fingerprint density at radius 3 is 3.10 bits per heavy atom. The molecule has 1 saturated heterocycles. The molecule has 20 heavy (non-hydrogen) atoms. The number of carbonyl (C=O) groups is 1. The van der Waals surface area contributed by atoms with Gasteiger partial charge in [0.25, 0.3) is 0 Å². The fourth-order valence-electron chi connectivity index (χ4n) is 2.16. The molecule has 0 aliphatic carbocycles. The van der Waals surface area contributed by atoms with Crippen molar-refractivity contribution in [3.05, 3.63) is 29.8 Å². The number of benzene rings is 1. The molecule has 0 spiro atoms. The molecule has 0 saturated carbocycles. The van der Waals surface area contributed by atoms with Crippen molar-refractivity contribution in [3.8, 4) is 5.75 Å². The zero-order valence-corrected chi connectivity index (χ0v) is 12.0. The fraction of sp³-hybridized carbons (Fsp3) is 0.533. The van der Waals surface area contributed by atoms with Gasteiger partial charge in [-0.25, -0.2) is 0 Å². The lowest BCUT2D eigenvalue weighted by Gasteiger charge is -2.32. The molecule has 2 rings (SSSR count). The number of ether oxygens (including phenoxy) is 3. The van der Waals surface area contributed by atoms with Crippen molar-refractivity contribution in [1.29, 1.82) is 0 Å². The molecule has 5 heteroatoms. The van der Waals surface area contributed by atoms with Crippen LogP contribution in [0.4, 0.5) is 0 Å². The maximum absolute atomic E-state index is 11.8. The van der Waals surface area contributed by atoms with Crippen molar-refractivity contribution in [2.75, 3.05) is 40.0 Å². The van der Waals surface area contributed by atoms with Crippen molar-refractivity contribution in [2.45, 2.75) is 13.0 Å². The molecule has 1 amide bonds. The number of carbonyl (C=O) groups excluding carboxylic acids is 1. The Balaban J connectivity index is 1.82. The van der Waals surface area contributed by atoms with E-state index in [4.69, 9.17) is 14.2 Å². The third kappa shape index (κ3) is 4.21. The van der Waals surface area contributed by atoms with Gasteiger partial charge in [0.2, 0.25) is 5.91 Å². The maximum Gasteiger partial charge on any atom is 0.248 e. The summed E-state index contributed by atoms with van der Waals surface area (Å²) in [5, 5.41) is 0. The van der Waals surface area contributed by atoms with Crippen LogP contribution in [-0.2, 0) is 14.3 Å². The molecule has 0 radical (unpaired) electrons. The van der Waals surface area contributed by atoms with Gasteiger partial charge in [0, 0.05) is 13.7 Å². The summed E-state index contributed by atoms with van der Waals surface area (Å²) in [4.78, 5) is 13.5. The van der Waals surface area contributed by atoms with Gasteiger partial charge in [-0.2, -0.15) is 0 Å². The van der Waals surface area contributed by atoms with Crippen LogP contribution in [0.3, 0.4) is 0 Å². The molecule has 1 atom stereocenters. The lowest BCUT2D eigenvalue weighted by Crippen LogP contribution is -2.48. The van der Waals surface area contributed by atoms with E-state index in [0.717, 1.165) is 11.3 Å². The predicted octanol–water partition coefficient (Wildman–Crippen LogP) is 1.25. The van der Waals surface area contributed by atoms with E-state index < -0.39 is 0 Å². The molecule has 1 heterocycles. The van der Waals surface area contributed by atoms with Gasteiger partial charge in [-0.1, -0.05) is 12.1 Å². The highest BCUT2D eigenvalue weighted by Gasteiger charge is 2.24. The summed E-state index contributed by atoms with van der Waals surface area (Å²) in [6.45, 7) is 4.29. The molecule has 1 aliphatic heterocycles. The number of amides is 1. The second-order valence-electron chi connectivity index (χ2n) is 4.89. The summed E-state index contributed by atoms with van der Waals surface area (Å²) in [5.74, 6) is 0.824. The average molecular weight is 279 g/mol. The lowest BCUT2D eigenvalue weighted by molar-refractivity contribution is -0.143. The molecule has 1 aliphatic rings. The Morgan fingerprint density at radius 2 is 2.35 bits per heavy atom. The highest BCUT2D eigenvalue weighted by molar-refractivity contribution is 5.77. The van der Waals surface area contributed by atoms with Gasteiger partial charge in [0.1, 0.15) is 25.1 Å². The first-order chi connectivity index (χ1) is 9.69. The number of aryl methyl sites for hydroxylation is 1. The Morgan fingerprint density at radius 1 is 1.50 bits per heavy atom. The van der Waals surface area contributed by atoms with Crippen LogP contribution in [0, 0.1) is 6.92 Å². The monoisotopic (exact) mass is 279 g/mol. The van der Waals surface area contributed by atoms with E-state index >= 15 is 0 Å². The number of hydrogen-bond donors (Lipinski definition) is 0. The first-order valence-corrected chi connectivity index (χ1v) is 6.77. The number of nitrogens with zero attached hydrogens (tertiary/aromatic N) is 1. The van der Waals surface area contributed by atoms with Crippen molar-refractivity contribution in [3.63, 3.8) is 0 Å². The van der Waals surface area contributed by atoms with E-state index in [2.05, 4.69) is 0 Å². The average Bonchev–Trinajstić information content (AvgIpc) is 2.46. The zero-order chi connectivity index (χ0) is 14.4. The summed E-state index contributed by atoms with van der Waals surface area (Å²) in [6.07, 6.45) is -0.0925. The lowest BCUT2D eigenvalue weighted by atomic mass is 10.2. The Hall–Kier alpha value is -1.59. The van der Waals surface area contributed by atoms with Crippen LogP contribution in [0.5, 0.6) is 5.75 Å². The minimum Gasteiger partial charge on any atom is -0.491 e. The van der Waals surface area contributed by atoms with Crippen molar-refractivity contribution in [2.24, 2.45) is 0 Å². The van der Waals surface area contributed by atoms with E-state index in [-0.39, 0.29) is 18.6 Å². The van der Waals surface area contributed by atoms with E-state index in [9.17, 15) is 4.79 Å². The third-order valence-electron chi connectivity index (χ3n) is 3.18. The molecule has 0 N–H and O–H groups in total. The molecule has 0 aromatic heterocycles. The summed E-state index contributed by atoms with van der Waals surface area (Å²) in [7, 11) is 1.52. The van der Waals surface area contributed by atoms with E-state index in [1.807, 2.05) is 31.2 Å². The first-order valence-electron chi connectivity index (χ1n) is 6.77. The molecule has 1 aromatic rings. The molecular weight excluding hydrogens is 258 g/mol. The SMILES string of the molecule is COCC(=O)N1CCO[C@@H](COc2cccc(C)c2)C1. The standard InChI is InChI=1S/C15H21NO4/c1-12-4-3-5-13(8-12)20-10-14-9-16(6-7-19-14)15(17)11-18-2/h3-5,8,14H,6-7,9-11H2,1-2H3/t14-/m1/s1. The predicted molar refractivity (Wildman–Crippen MR) is 74.9 cm³/mol. The van der Waals surface area contributed by atoms with E-state index in [1.165, 1.54) is 7.11 Å². The second kappa shape index (κ2) is 7.26. The normalized spacial score (nSPS) is 18.9. The quantitative estimate of drug-likeness (QED) is 0.814. The summed E-state index contributed by atoms with van der Waals surface area (Å²) in [5.41, 5.74) is 1.16. The van der Waals surface area contributed by atoms with Crippen LogP contribution < -0.4 is 4.74 Å². The van der Waals surface area contributed by atoms with Gasteiger partial charge in [0.15, 0.2) is 0 Å². The molecule has 1 fully saturated rings. The van der Waals surface area contributed by atoms with Crippen molar-refractivity contribution in [1.82, 2.24) is 4.90 Å². The summed E-state index contributed by atoms with van der Waals surface area (Å²) in [6, 6.07) is 7.89. The van der Waals surface area contributed by atoms with Gasteiger partial charge < -0.3 is 19.1 Å². The largest absolute Gasteiger partial charge is 0.491 e. The van der Waals surface area contributed by atoms with Gasteiger partial charge in [-0.3, -0.25) is 4.79 Å². The van der Waals surface area contributed by atoms with Gasteiger partial charge in [-0.15, -0.1) is 0 Å². The molecule has 0 unspecified atom stereocenters. The van der Waals surface area contributed by atoms with Crippen molar-refractivity contribution < 1.29 is 19.0 Å². The Labute approximate surface area is 119 Å². The topological polar surface area (TPSA) is 48.0 Å². The van der Waals surface area contributed by atoms with Crippen LogP contribution in [0.15, 0.2) is 24.3 Å². The third-order valence-corrected chi connectivity index (χ3v) is 3.18. The smallest absolute Gasteiger partial charge is 0.248 e. The van der Waals surface area contributed by atoms with Gasteiger partial charge >= 0.3 is 0 Å². The first kappa shape index (κ1) is 14.8. The number of rotatable bonds is 5. The maximum atomic E-state index is 11.8. The van der Waals surface area contributed by atoms with Crippen LogP contribution in [-0.4, -0.2) is 56.9 Å². The number of morpholine rings is 1. The van der Waals surface area contributed by atoms with E-state index in [1.54, 1.807) is 4.90 Å². The Kier molecular flexibility index (Phi) is 5.38. The zero-order valence-electron chi connectivity index (χ0n) is 12.0.